The standard InChI is InChI=1S/C25H33N3O2/c1-30-15-14-27-12-10-21(18-27)16-26-25(29)23-8-6-20(7-9-23)17-28-13-11-22-4-2-3-5-24(22)19-28/h2-9,21H,10-19H2,1H3,(H,26,29)/t21-/m1/s1. The molecule has 0 radical (unpaired) electrons. The lowest BCUT2D eigenvalue weighted by Gasteiger charge is -2.28. The van der Waals surface area contributed by atoms with Gasteiger partial charge in [0.2, 0.25) is 0 Å². The van der Waals surface area contributed by atoms with E-state index in [9.17, 15) is 4.79 Å². The third-order valence-electron chi connectivity index (χ3n) is 6.36. The van der Waals surface area contributed by atoms with Crippen LogP contribution in [0, 0.1) is 5.92 Å². The maximum Gasteiger partial charge on any atom is 0.251 e. The number of carbonyl (C=O) groups is 1. The molecule has 0 spiro atoms. The molecule has 4 rings (SSSR count). The van der Waals surface area contributed by atoms with Gasteiger partial charge in [0.05, 0.1) is 6.61 Å². The summed E-state index contributed by atoms with van der Waals surface area (Å²) in [7, 11) is 1.74. The van der Waals surface area contributed by atoms with Gasteiger partial charge in [0, 0.05) is 51.9 Å². The van der Waals surface area contributed by atoms with E-state index in [4.69, 9.17) is 4.74 Å². The molecular weight excluding hydrogens is 374 g/mol. The highest BCUT2D eigenvalue weighted by molar-refractivity contribution is 5.94. The van der Waals surface area contributed by atoms with Gasteiger partial charge in [-0.25, -0.2) is 0 Å². The van der Waals surface area contributed by atoms with Crippen molar-refractivity contribution in [2.75, 3.05) is 46.4 Å². The molecule has 2 aliphatic heterocycles. The molecule has 1 atom stereocenters. The van der Waals surface area contributed by atoms with Crippen LogP contribution in [-0.2, 0) is 24.2 Å². The fourth-order valence-corrected chi connectivity index (χ4v) is 4.55. The van der Waals surface area contributed by atoms with Crippen LogP contribution >= 0.6 is 0 Å². The Kier molecular flexibility index (Phi) is 7.16. The predicted molar refractivity (Wildman–Crippen MR) is 119 cm³/mol. The van der Waals surface area contributed by atoms with Crippen molar-refractivity contribution < 1.29 is 9.53 Å². The normalized spacial score (nSPS) is 19.6. The summed E-state index contributed by atoms with van der Waals surface area (Å²) in [5.41, 5.74) is 4.92. The van der Waals surface area contributed by atoms with Crippen molar-refractivity contribution >= 4 is 5.91 Å². The minimum absolute atomic E-state index is 0.0313. The van der Waals surface area contributed by atoms with Gasteiger partial charge in [-0.3, -0.25) is 9.69 Å². The first-order valence-corrected chi connectivity index (χ1v) is 11.1. The third kappa shape index (κ3) is 5.48. The molecule has 2 aliphatic rings. The first kappa shape index (κ1) is 21.0. The van der Waals surface area contributed by atoms with E-state index in [2.05, 4.69) is 51.5 Å². The molecule has 160 valence electrons. The molecule has 2 aromatic rings. The lowest BCUT2D eigenvalue weighted by Crippen LogP contribution is -2.32. The van der Waals surface area contributed by atoms with Gasteiger partial charge in [-0.1, -0.05) is 36.4 Å². The highest BCUT2D eigenvalue weighted by Gasteiger charge is 2.22. The van der Waals surface area contributed by atoms with Crippen LogP contribution in [0.25, 0.3) is 0 Å². The molecule has 0 aliphatic carbocycles. The number of methoxy groups -OCH3 is 1. The molecule has 1 N–H and O–H groups in total. The van der Waals surface area contributed by atoms with Crippen molar-refractivity contribution in [3.63, 3.8) is 0 Å². The van der Waals surface area contributed by atoms with E-state index in [1.807, 2.05) is 12.1 Å². The van der Waals surface area contributed by atoms with E-state index in [1.165, 1.54) is 16.7 Å². The zero-order chi connectivity index (χ0) is 20.8. The van der Waals surface area contributed by atoms with Crippen LogP contribution in [0.1, 0.15) is 33.5 Å². The summed E-state index contributed by atoms with van der Waals surface area (Å²) >= 11 is 0. The van der Waals surface area contributed by atoms with Gasteiger partial charge < -0.3 is 15.0 Å². The molecule has 0 aromatic heterocycles. The number of hydrogen-bond acceptors (Lipinski definition) is 4. The summed E-state index contributed by atoms with van der Waals surface area (Å²) in [6, 6.07) is 16.8. The van der Waals surface area contributed by atoms with E-state index in [0.717, 1.165) is 70.8 Å². The summed E-state index contributed by atoms with van der Waals surface area (Å²) in [5, 5.41) is 3.12. The number of amides is 1. The summed E-state index contributed by atoms with van der Waals surface area (Å²) in [4.78, 5) is 17.4. The number of nitrogens with zero attached hydrogens (tertiary/aromatic N) is 2. The minimum atomic E-state index is 0.0313. The first-order chi connectivity index (χ1) is 14.7. The van der Waals surface area contributed by atoms with E-state index < -0.39 is 0 Å². The summed E-state index contributed by atoms with van der Waals surface area (Å²) < 4.78 is 5.15. The Balaban J connectivity index is 1.23. The highest BCUT2D eigenvalue weighted by Crippen LogP contribution is 2.20. The minimum Gasteiger partial charge on any atom is -0.383 e. The number of hydrogen-bond donors (Lipinski definition) is 1. The van der Waals surface area contributed by atoms with Crippen LogP contribution in [0.4, 0.5) is 0 Å². The smallest absolute Gasteiger partial charge is 0.251 e. The van der Waals surface area contributed by atoms with Crippen LogP contribution < -0.4 is 5.32 Å². The molecule has 1 fully saturated rings. The molecule has 0 bridgehead atoms. The third-order valence-corrected chi connectivity index (χ3v) is 6.36. The number of rotatable bonds is 8. The van der Waals surface area contributed by atoms with Crippen molar-refractivity contribution in [1.29, 1.82) is 0 Å². The fourth-order valence-electron chi connectivity index (χ4n) is 4.55. The average Bonchev–Trinajstić information content (AvgIpc) is 3.24. The SMILES string of the molecule is COCCN1CC[C@H](CNC(=O)c2ccc(CN3CCc4ccccc4C3)cc2)C1. The molecule has 5 heteroatoms. The lowest BCUT2D eigenvalue weighted by atomic mass is 9.99. The topological polar surface area (TPSA) is 44.8 Å². The Morgan fingerprint density at radius 1 is 1.07 bits per heavy atom. The number of nitrogens with one attached hydrogen (secondary N) is 1. The number of benzene rings is 2. The maximum absolute atomic E-state index is 12.5. The maximum atomic E-state index is 12.5. The van der Waals surface area contributed by atoms with Crippen molar-refractivity contribution in [3.05, 3.63) is 70.8 Å². The average molecular weight is 408 g/mol. The zero-order valence-corrected chi connectivity index (χ0v) is 18.0. The van der Waals surface area contributed by atoms with Crippen molar-refractivity contribution in [3.8, 4) is 0 Å². The van der Waals surface area contributed by atoms with Gasteiger partial charge in [0.1, 0.15) is 0 Å². The molecule has 2 heterocycles. The Labute approximate surface area is 180 Å². The van der Waals surface area contributed by atoms with Crippen LogP contribution in [0.15, 0.2) is 48.5 Å². The van der Waals surface area contributed by atoms with Crippen LogP contribution in [0.5, 0.6) is 0 Å². The summed E-state index contributed by atoms with van der Waals surface area (Å²) in [6.45, 7) is 7.65. The van der Waals surface area contributed by atoms with E-state index in [-0.39, 0.29) is 5.91 Å². The van der Waals surface area contributed by atoms with E-state index in [0.29, 0.717) is 5.92 Å². The number of likely N-dealkylation sites (tertiary alicyclic amines) is 1. The van der Waals surface area contributed by atoms with Crippen molar-refractivity contribution in [2.45, 2.75) is 25.9 Å². The molecular formula is C25H33N3O2. The Hall–Kier alpha value is -2.21. The Bertz CT molecular complexity index is 837. The second kappa shape index (κ2) is 10.2. The number of carbonyl (C=O) groups excluding carboxylic acids is 1. The summed E-state index contributed by atoms with van der Waals surface area (Å²) in [6.07, 6.45) is 2.25. The fraction of sp³-hybridized carbons (Fsp3) is 0.480. The molecule has 1 amide bonds. The van der Waals surface area contributed by atoms with Gasteiger partial charge in [0.25, 0.3) is 5.91 Å². The van der Waals surface area contributed by atoms with Crippen molar-refractivity contribution in [2.24, 2.45) is 5.92 Å². The van der Waals surface area contributed by atoms with Crippen LogP contribution in [0.2, 0.25) is 0 Å². The predicted octanol–water partition coefficient (Wildman–Crippen LogP) is 2.94. The molecule has 0 unspecified atom stereocenters. The highest BCUT2D eigenvalue weighted by atomic mass is 16.5. The lowest BCUT2D eigenvalue weighted by molar-refractivity contribution is 0.0946. The molecule has 1 saturated heterocycles. The largest absolute Gasteiger partial charge is 0.383 e. The molecule has 30 heavy (non-hydrogen) atoms. The number of fused-ring (bicyclic) bond motifs is 1. The van der Waals surface area contributed by atoms with Gasteiger partial charge >= 0.3 is 0 Å². The molecule has 2 aromatic carbocycles. The van der Waals surface area contributed by atoms with E-state index in [1.54, 1.807) is 7.11 Å². The van der Waals surface area contributed by atoms with Gasteiger partial charge in [-0.15, -0.1) is 0 Å². The van der Waals surface area contributed by atoms with Crippen LogP contribution in [-0.4, -0.2) is 62.1 Å². The molecule has 0 saturated carbocycles. The monoisotopic (exact) mass is 407 g/mol. The quantitative estimate of drug-likeness (QED) is 0.731. The second-order valence-electron chi connectivity index (χ2n) is 8.58. The van der Waals surface area contributed by atoms with Gasteiger partial charge in [-0.05, 0) is 54.1 Å². The van der Waals surface area contributed by atoms with Crippen molar-refractivity contribution in [1.82, 2.24) is 15.1 Å². The number of ether oxygens (including phenoxy) is 1. The second-order valence-corrected chi connectivity index (χ2v) is 8.58. The Morgan fingerprint density at radius 3 is 2.67 bits per heavy atom. The van der Waals surface area contributed by atoms with Gasteiger partial charge in [-0.2, -0.15) is 0 Å². The summed E-state index contributed by atoms with van der Waals surface area (Å²) in [5.74, 6) is 0.566. The zero-order valence-electron chi connectivity index (χ0n) is 18.0. The van der Waals surface area contributed by atoms with E-state index >= 15 is 0 Å². The first-order valence-electron chi connectivity index (χ1n) is 11.1. The molecule has 5 nitrogen and oxygen atoms in total. The van der Waals surface area contributed by atoms with Gasteiger partial charge in [0.15, 0.2) is 0 Å². The Morgan fingerprint density at radius 2 is 1.87 bits per heavy atom. The van der Waals surface area contributed by atoms with Crippen LogP contribution in [0.3, 0.4) is 0 Å².